The lowest BCUT2D eigenvalue weighted by Crippen LogP contribution is -2.29. The van der Waals surface area contributed by atoms with Gasteiger partial charge in [-0.15, -0.1) is 6.58 Å². The molecule has 0 aromatic heterocycles. The molecule has 0 radical (unpaired) electrons. The van der Waals surface area contributed by atoms with Gasteiger partial charge in [-0.3, -0.25) is 0 Å². The molecule has 5 heteroatoms. The summed E-state index contributed by atoms with van der Waals surface area (Å²) in [6, 6.07) is 0. The highest BCUT2D eigenvalue weighted by Gasteiger charge is 2.32. The first-order valence-electron chi connectivity index (χ1n) is 4.62. The summed E-state index contributed by atoms with van der Waals surface area (Å²) in [5.74, 6) is 0. The van der Waals surface area contributed by atoms with Crippen LogP contribution in [-0.2, 0) is 9.78 Å². The molecule has 15 heavy (non-hydrogen) atoms. The number of hydrogen-bond acceptors (Lipinski definition) is 2. The molecule has 2 nitrogen and oxygen atoms in total. The number of rotatable bonds is 3. The Hall–Kier alpha value is 0.384. The highest BCUT2D eigenvalue weighted by molar-refractivity contribution is 7.20. The van der Waals surface area contributed by atoms with Crippen LogP contribution in [0.5, 0.6) is 0 Å². The number of halogens is 1. The van der Waals surface area contributed by atoms with E-state index in [4.69, 9.17) is 11.1 Å². The zero-order valence-corrected chi connectivity index (χ0v) is 11.9. The Kier molecular flexibility index (Phi) is 13.3. The standard InChI is InChI=1S/C6H15ClSi.C4H8O2.H4Si/c1-6(2,3)8(4,5)7;1-3-4-6-5-2;/h1-5H3;3H,1,4H2,2H3;1H4. The van der Waals surface area contributed by atoms with Crippen molar-refractivity contribution in [2.24, 2.45) is 0 Å². The third kappa shape index (κ3) is 14.4. The van der Waals surface area contributed by atoms with Gasteiger partial charge in [-0.05, 0) is 16.0 Å². The topological polar surface area (TPSA) is 18.5 Å². The van der Waals surface area contributed by atoms with Crippen LogP contribution < -0.4 is 0 Å². The average molecular weight is 271 g/mol. The van der Waals surface area contributed by atoms with Crippen molar-refractivity contribution in [2.45, 2.75) is 38.9 Å². The van der Waals surface area contributed by atoms with E-state index >= 15 is 0 Å². The monoisotopic (exact) mass is 270 g/mol. The first-order valence-corrected chi connectivity index (χ1v) is 8.63. The summed E-state index contributed by atoms with van der Waals surface area (Å²) in [5.41, 5.74) is 0. The van der Waals surface area contributed by atoms with Crippen LogP contribution in [0.2, 0.25) is 18.1 Å². The lowest BCUT2D eigenvalue weighted by Gasteiger charge is -2.29. The molecule has 0 amide bonds. The van der Waals surface area contributed by atoms with E-state index in [2.05, 4.69) is 50.2 Å². The molecule has 0 saturated carbocycles. The summed E-state index contributed by atoms with van der Waals surface area (Å²) >= 11 is 6.15. The maximum atomic E-state index is 6.15. The fraction of sp³-hybridized carbons (Fsp3) is 0.800. The maximum Gasteiger partial charge on any atom is 0.155 e. The second-order valence-electron chi connectivity index (χ2n) is 4.46. The van der Waals surface area contributed by atoms with Crippen molar-refractivity contribution in [1.82, 2.24) is 0 Å². The molecule has 0 rings (SSSR count). The average Bonchev–Trinajstić information content (AvgIpc) is 1.98. The predicted octanol–water partition coefficient (Wildman–Crippen LogP) is 2.53. The van der Waals surface area contributed by atoms with Crippen molar-refractivity contribution in [1.29, 1.82) is 0 Å². The van der Waals surface area contributed by atoms with E-state index in [0.717, 1.165) is 0 Å². The van der Waals surface area contributed by atoms with Gasteiger partial charge < -0.3 is 0 Å². The van der Waals surface area contributed by atoms with Gasteiger partial charge in [-0.25, -0.2) is 9.78 Å². The Morgan fingerprint density at radius 2 is 1.67 bits per heavy atom. The van der Waals surface area contributed by atoms with Crippen LogP contribution in [-0.4, -0.2) is 32.1 Å². The molecule has 0 aromatic rings. The SMILES string of the molecule is C=CCOOC.CC(C)(C)[Si](C)(C)Cl.[SiH4]. The molecule has 0 spiro atoms. The highest BCUT2D eigenvalue weighted by Crippen LogP contribution is 2.38. The fourth-order valence-electron chi connectivity index (χ4n) is 0.116. The summed E-state index contributed by atoms with van der Waals surface area (Å²) < 4.78 is 0. The van der Waals surface area contributed by atoms with Gasteiger partial charge in [0.2, 0.25) is 0 Å². The molecule has 0 saturated heterocycles. The second kappa shape index (κ2) is 9.60. The van der Waals surface area contributed by atoms with Crippen LogP contribution in [0.25, 0.3) is 0 Å². The Bertz CT molecular complexity index is 138. The molecule has 0 fully saturated rings. The molecule has 0 N–H and O–H groups in total. The van der Waals surface area contributed by atoms with Crippen molar-refractivity contribution >= 4 is 29.4 Å². The van der Waals surface area contributed by atoms with E-state index < -0.39 is 7.38 Å². The van der Waals surface area contributed by atoms with Crippen molar-refractivity contribution < 1.29 is 9.78 Å². The predicted molar refractivity (Wildman–Crippen MR) is 77.5 cm³/mol. The third-order valence-corrected chi connectivity index (χ3v) is 7.36. The first-order chi connectivity index (χ1) is 6.16. The summed E-state index contributed by atoms with van der Waals surface area (Å²) in [7, 11) is 0.0752. The fourth-order valence-corrected chi connectivity index (χ4v) is 0.116. The molecule has 94 valence electrons. The Labute approximate surface area is 105 Å². The van der Waals surface area contributed by atoms with Crippen LogP contribution in [0.15, 0.2) is 12.7 Å². The highest BCUT2D eigenvalue weighted by atomic mass is 35.6. The van der Waals surface area contributed by atoms with E-state index in [1.807, 2.05) is 0 Å². The van der Waals surface area contributed by atoms with Gasteiger partial charge in [0.05, 0.1) is 7.11 Å². The van der Waals surface area contributed by atoms with E-state index in [-0.39, 0.29) is 11.0 Å². The molecule has 0 atom stereocenters. The van der Waals surface area contributed by atoms with Gasteiger partial charge in [0.1, 0.15) is 6.61 Å². The van der Waals surface area contributed by atoms with Crippen molar-refractivity contribution in [3.8, 4) is 0 Å². The van der Waals surface area contributed by atoms with Crippen LogP contribution in [0, 0.1) is 0 Å². The van der Waals surface area contributed by atoms with Crippen LogP contribution >= 0.6 is 11.1 Å². The Morgan fingerprint density at radius 3 is 1.73 bits per heavy atom. The molecule has 0 unspecified atom stereocenters. The van der Waals surface area contributed by atoms with Crippen LogP contribution in [0.4, 0.5) is 0 Å². The van der Waals surface area contributed by atoms with Gasteiger partial charge in [0.25, 0.3) is 0 Å². The summed E-state index contributed by atoms with van der Waals surface area (Å²) in [5, 5.41) is 0.342. The van der Waals surface area contributed by atoms with Crippen molar-refractivity contribution in [2.75, 3.05) is 13.7 Å². The Morgan fingerprint density at radius 1 is 1.33 bits per heavy atom. The zero-order chi connectivity index (χ0) is 11.8. The van der Waals surface area contributed by atoms with Gasteiger partial charge in [-0.2, -0.15) is 11.1 Å². The molecular formula is C10H27ClO2Si2. The van der Waals surface area contributed by atoms with Crippen LogP contribution in [0.1, 0.15) is 20.8 Å². The quantitative estimate of drug-likeness (QED) is 0.196. The molecule has 0 bridgehead atoms. The lowest BCUT2D eigenvalue weighted by atomic mass is 10.2. The van der Waals surface area contributed by atoms with E-state index in [0.29, 0.717) is 11.6 Å². The normalized spacial score (nSPS) is 10.9. The van der Waals surface area contributed by atoms with Crippen molar-refractivity contribution in [3.63, 3.8) is 0 Å². The van der Waals surface area contributed by atoms with Gasteiger partial charge in [0.15, 0.2) is 7.38 Å². The summed E-state index contributed by atoms with van der Waals surface area (Å²) in [6.07, 6.45) is 1.61. The van der Waals surface area contributed by atoms with Gasteiger partial charge in [0, 0.05) is 0 Å². The smallest absolute Gasteiger partial charge is 0.155 e. The molecule has 0 aliphatic carbocycles. The minimum atomic E-state index is -1.39. The van der Waals surface area contributed by atoms with Gasteiger partial charge >= 0.3 is 0 Å². The minimum Gasteiger partial charge on any atom is -0.240 e. The minimum absolute atomic E-state index is 0. The molecular weight excluding hydrogens is 244 g/mol. The molecule has 0 aliphatic heterocycles. The largest absolute Gasteiger partial charge is 0.240 e. The van der Waals surface area contributed by atoms with Crippen LogP contribution in [0.3, 0.4) is 0 Å². The maximum absolute atomic E-state index is 6.15. The lowest BCUT2D eigenvalue weighted by molar-refractivity contribution is -0.263. The summed E-state index contributed by atoms with van der Waals surface area (Å²) in [6.45, 7) is 14.8. The Balaban J connectivity index is -0.000000187. The summed E-state index contributed by atoms with van der Waals surface area (Å²) in [4.78, 5) is 8.58. The molecule has 0 aliphatic rings. The third-order valence-electron chi connectivity index (χ3n) is 2.09. The van der Waals surface area contributed by atoms with E-state index in [9.17, 15) is 0 Å². The van der Waals surface area contributed by atoms with E-state index in [1.165, 1.54) is 7.11 Å². The van der Waals surface area contributed by atoms with Gasteiger partial charge in [-0.1, -0.05) is 39.9 Å². The molecule has 0 aromatic carbocycles. The molecule has 0 heterocycles. The van der Waals surface area contributed by atoms with E-state index in [1.54, 1.807) is 6.08 Å². The second-order valence-corrected chi connectivity index (χ2v) is 11.7. The van der Waals surface area contributed by atoms with Crippen molar-refractivity contribution in [3.05, 3.63) is 12.7 Å². The first kappa shape index (κ1) is 20.8. The number of hydrogen-bond donors (Lipinski definition) is 0. The zero-order valence-electron chi connectivity index (χ0n) is 10.2.